The molecule has 10 nitrogen and oxygen atoms in total. The SMILES string of the molecule is CCCCCC/C=C/CCCCCCCC(=O)OC[C@@H](CO[C@H]1O[C@@H](CO)[C@@H](O)C(O)C1O)OC(=O)CCCCCCCCCCCC. The van der Waals surface area contributed by atoms with E-state index < -0.39 is 49.4 Å². The molecule has 48 heavy (non-hydrogen) atoms. The summed E-state index contributed by atoms with van der Waals surface area (Å²) < 4.78 is 22.0. The Hall–Kier alpha value is -1.56. The van der Waals surface area contributed by atoms with E-state index in [2.05, 4.69) is 26.0 Å². The Balaban J connectivity index is 2.40. The first-order valence-electron chi connectivity index (χ1n) is 19.3. The van der Waals surface area contributed by atoms with Gasteiger partial charge < -0.3 is 39.4 Å². The predicted molar refractivity (Wildman–Crippen MR) is 187 cm³/mol. The largest absolute Gasteiger partial charge is 0.462 e. The van der Waals surface area contributed by atoms with Crippen LogP contribution in [0.5, 0.6) is 0 Å². The summed E-state index contributed by atoms with van der Waals surface area (Å²) in [6.45, 7) is 3.37. The second kappa shape index (κ2) is 30.3. The highest BCUT2D eigenvalue weighted by molar-refractivity contribution is 5.70. The van der Waals surface area contributed by atoms with E-state index in [-0.39, 0.29) is 32.0 Å². The van der Waals surface area contributed by atoms with Gasteiger partial charge in [0.2, 0.25) is 0 Å². The van der Waals surface area contributed by atoms with Crippen LogP contribution < -0.4 is 0 Å². The molecule has 0 radical (unpaired) electrons. The Morgan fingerprint density at radius 3 is 1.65 bits per heavy atom. The maximum atomic E-state index is 12.6. The molecule has 282 valence electrons. The van der Waals surface area contributed by atoms with Crippen LogP contribution in [0.15, 0.2) is 12.2 Å². The summed E-state index contributed by atoms with van der Waals surface area (Å²) in [7, 11) is 0. The molecule has 1 heterocycles. The Labute approximate surface area is 291 Å². The van der Waals surface area contributed by atoms with Crippen LogP contribution in [0, 0.1) is 0 Å². The number of allylic oxidation sites excluding steroid dienone is 2. The van der Waals surface area contributed by atoms with Gasteiger partial charge in [0.1, 0.15) is 31.0 Å². The van der Waals surface area contributed by atoms with Crippen molar-refractivity contribution in [3.8, 4) is 0 Å². The quantitative estimate of drug-likeness (QED) is 0.0347. The fraction of sp³-hybridized carbons (Fsp3) is 0.895. The monoisotopic (exact) mass is 686 g/mol. The Kier molecular flexibility index (Phi) is 28.0. The van der Waals surface area contributed by atoms with Crippen molar-refractivity contribution in [2.45, 2.75) is 198 Å². The van der Waals surface area contributed by atoms with Gasteiger partial charge in [0.15, 0.2) is 12.4 Å². The van der Waals surface area contributed by atoms with Crippen LogP contribution in [0.1, 0.15) is 162 Å². The Bertz CT molecular complexity index is 804. The molecule has 1 fully saturated rings. The van der Waals surface area contributed by atoms with E-state index in [0.29, 0.717) is 6.42 Å². The fourth-order valence-corrected chi connectivity index (χ4v) is 5.77. The van der Waals surface area contributed by atoms with Gasteiger partial charge in [-0.15, -0.1) is 0 Å². The molecule has 0 aromatic carbocycles. The normalized spacial score (nSPS) is 21.8. The molecular weight excluding hydrogens is 616 g/mol. The average molecular weight is 687 g/mol. The minimum absolute atomic E-state index is 0.217. The van der Waals surface area contributed by atoms with Crippen molar-refractivity contribution in [1.29, 1.82) is 0 Å². The first-order valence-corrected chi connectivity index (χ1v) is 19.3. The van der Waals surface area contributed by atoms with E-state index in [1.807, 2.05) is 0 Å². The maximum Gasteiger partial charge on any atom is 0.306 e. The van der Waals surface area contributed by atoms with Crippen molar-refractivity contribution in [3.05, 3.63) is 12.2 Å². The van der Waals surface area contributed by atoms with Crippen LogP contribution in [0.25, 0.3) is 0 Å². The van der Waals surface area contributed by atoms with Crippen LogP contribution in [0.2, 0.25) is 0 Å². The number of hydrogen-bond donors (Lipinski definition) is 4. The topological polar surface area (TPSA) is 152 Å². The Morgan fingerprint density at radius 1 is 0.625 bits per heavy atom. The Morgan fingerprint density at radius 2 is 1.10 bits per heavy atom. The number of rotatable bonds is 31. The molecular formula is C38H70O10. The van der Waals surface area contributed by atoms with E-state index in [1.165, 1.54) is 70.6 Å². The minimum Gasteiger partial charge on any atom is -0.462 e. The standard InChI is InChI=1S/C38H70O10/c1-3-5-7-9-11-13-15-16-17-19-20-22-24-26-33(40)45-29-31(30-46-38-37(44)36(43)35(42)32(28-39)48-38)47-34(41)27-25-23-21-18-14-12-10-8-6-4-2/h13,15,31-32,35-39,42-44H,3-12,14,16-30H2,1-2H3/b15-13+/t31-,32-,35+,36?,37?,38-/m0/s1. The van der Waals surface area contributed by atoms with Crippen molar-refractivity contribution in [2.75, 3.05) is 19.8 Å². The minimum atomic E-state index is -1.59. The summed E-state index contributed by atoms with van der Waals surface area (Å²) in [5.74, 6) is -0.816. The first-order chi connectivity index (χ1) is 23.3. The summed E-state index contributed by atoms with van der Waals surface area (Å²) in [6.07, 6.45) is 20.8. The summed E-state index contributed by atoms with van der Waals surface area (Å²) in [5.41, 5.74) is 0. The third-order valence-corrected chi connectivity index (χ3v) is 8.90. The second-order valence-corrected chi connectivity index (χ2v) is 13.4. The van der Waals surface area contributed by atoms with Crippen LogP contribution in [0.4, 0.5) is 0 Å². The van der Waals surface area contributed by atoms with Crippen LogP contribution in [-0.2, 0) is 28.5 Å². The molecule has 1 aliphatic heterocycles. The molecule has 0 aromatic heterocycles. The molecule has 2 unspecified atom stereocenters. The van der Waals surface area contributed by atoms with E-state index >= 15 is 0 Å². The van der Waals surface area contributed by atoms with E-state index in [1.54, 1.807) is 0 Å². The maximum absolute atomic E-state index is 12.6. The van der Waals surface area contributed by atoms with Crippen LogP contribution in [0.3, 0.4) is 0 Å². The van der Waals surface area contributed by atoms with Crippen LogP contribution >= 0.6 is 0 Å². The lowest BCUT2D eigenvalue weighted by Gasteiger charge is -2.39. The molecule has 0 saturated carbocycles. The smallest absolute Gasteiger partial charge is 0.306 e. The molecule has 4 N–H and O–H groups in total. The van der Waals surface area contributed by atoms with E-state index in [9.17, 15) is 30.0 Å². The zero-order chi connectivity index (χ0) is 35.2. The summed E-state index contributed by atoms with van der Waals surface area (Å²) in [6, 6.07) is 0. The highest BCUT2D eigenvalue weighted by Gasteiger charge is 2.44. The van der Waals surface area contributed by atoms with Crippen molar-refractivity contribution in [3.63, 3.8) is 0 Å². The molecule has 0 amide bonds. The lowest BCUT2D eigenvalue weighted by atomic mass is 9.99. The van der Waals surface area contributed by atoms with Crippen molar-refractivity contribution in [2.24, 2.45) is 0 Å². The van der Waals surface area contributed by atoms with Crippen molar-refractivity contribution >= 4 is 11.9 Å². The third kappa shape index (κ3) is 22.2. The number of carbonyl (C=O) groups excluding carboxylic acids is 2. The fourth-order valence-electron chi connectivity index (χ4n) is 5.77. The lowest BCUT2D eigenvalue weighted by molar-refractivity contribution is -0.305. The summed E-state index contributed by atoms with van der Waals surface area (Å²) in [5, 5.41) is 39.8. The number of esters is 2. The molecule has 10 heteroatoms. The van der Waals surface area contributed by atoms with Gasteiger partial charge in [-0.2, -0.15) is 0 Å². The highest BCUT2D eigenvalue weighted by Crippen LogP contribution is 2.22. The molecule has 0 spiro atoms. The number of carbonyl (C=O) groups is 2. The van der Waals surface area contributed by atoms with Gasteiger partial charge >= 0.3 is 11.9 Å². The van der Waals surface area contributed by atoms with Crippen LogP contribution in [-0.4, -0.2) is 89.0 Å². The zero-order valence-corrected chi connectivity index (χ0v) is 30.2. The second-order valence-electron chi connectivity index (χ2n) is 13.4. The molecule has 1 saturated heterocycles. The summed E-state index contributed by atoms with van der Waals surface area (Å²) >= 11 is 0. The van der Waals surface area contributed by atoms with Gasteiger partial charge in [-0.3, -0.25) is 9.59 Å². The molecule has 1 aliphatic rings. The van der Waals surface area contributed by atoms with Gasteiger partial charge in [-0.1, -0.05) is 122 Å². The number of unbranched alkanes of at least 4 members (excludes halogenated alkanes) is 18. The lowest BCUT2D eigenvalue weighted by Crippen LogP contribution is -2.59. The van der Waals surface area contributed by atoms with Crippen molar-refractivity contribution < 1.29 is 49.0 Å². The number of ether oxygens (including phenoxy) is 4. The average Bonchev–Trinajstić information content (AvgIpc) is 3.08. The molecule has 0 aliphatic carbocycles. The molecule has 0 bridgehead atoms. The third-order valence-electron chi connectivity index (χ3n) is 8.90. The van der Waals surface area contributed by atoms with Gasteiger partial charge in [0.05, 0.1) is 13.2 Å². The number of aliphatic hydroxyl groups excluding tert-OH is 4. The molecule has 1 rings (SSSR count). The number of hydrogen-bond acceptors (Lipinski definition) is 10. The molecule has 0 aromatic rings. The first kappa shape index (κ1) is 44.5. The zero-order valence-electron chi connectivity index (χ0n) is 30.2. The van der Waals surface area contributed by atoms with E-state index in [4.69, 9.17) is 18.9 Å². The summed E-state index contributed by atoms with van der Waals surface area (Å²) in [4.78, 5) is 25.1. The molecule has 6 atom stereocenters. The van der Waals surface area contributed by atoms with Gasteiger partial charge in [0.25, 0.3) is 0 Å². The van der Waals surface area contributed by atoms with E-state index in [0.717, 1.165) is 57.8 Å². The predicted octanol–water partition coefficient (Wildman–Crippen LogP) is 6.83. The van der Waals surface area contributed by atoms with Gasteiger partial charge in [-0.05, 0) is 38.5 Å². The number of aliphatic hydroxyl groups is 4. The van der Waals surface area contributed by atoms with Crippen molar-refractivity contribution in [1.82, 2.24) is 0 Å². The highest BCUT2D eigenvalue weighted by atomic mass is 16.7. The van der Waals surface area contributed by atoms with Gasteiger partial charge in [-0.25, -0.2) is 0 Å². The van der Waals surface area contributed by atoms with Gasteiger partial charge in [0, 0.05) is 12.8 Å².